The van der Waals surface area contributed by atoms with Crippen molar-refractivity contribution in [1.29, 1.82) is 0 Å². The number of aryl methyl sites for hydroxylation is 1. The second-order valence-corrected chi connectivity index (χ2v) is 9.92. The van der Waals surface area contributed by atoms with Crippen molar-refractivity contribution in [3.63, 3.8) is 0 Å². The van der Waals surface area contributed by atoms with Gasteiger partial charge in [0, 0.05) is 30.0 Å². The Labute approximate surface area is 231 Å². The van der Waals surface area contributed by atoms with Crippen molar-refractivity contribution in [1.82, 2.24) is 30.3 Å². The fourth-order valence-corrected chi connectivity index (χ4v) is 4.65. The Morgan fingerprint density at radius 3 is 2.49 bits per heavy atom. The second kappa shape index (κ2) is 9.88. The number of nitrogens with one attached hydrogen (secondary N) is 2. The lowest BCUT2D eigenvalue weighted by atomic mass is 10.1. The molecule has 1 aliphatic carbocycles. The van der Waals surface area contributed by atoms with E-state index in [0.717, 1.165) is 40.1 Å². The average Bonchev–Trinajstić information content (AvgIpc) is 3.45. The molecule has 0 radical (unpaired) electrons. The van der Waals surface area contributed by atoms with Crippen molar-refractivity contribution >= 4 is 22.7 Å². The first-order valence-electron chi connectivity index (χ1n) is 12.8. The first-order valence-corrected chi connectivity index (χ1v) is 12.8. The van der Waals surface area contributed by atoms with E-state index in [1.54, 1.807) is 6.92 Å². The SMILES string of the molecule is Cc1noc(-c2cc3ccccc3n2-c2ccc(CNC(=O)C3(NC(=O)c4cncc(C(F)(F)F)c4)CC3)cc2)n1. The largest absolute Gasteiger partial charge is 0.417 e. The third-order valence-corrected chi connectivity index (χ3v) is 6.97. The summed E-state index contributed by atoms with van der Waals surface area (Å²) in [6, 6.07) is 18.2. The van der Waals surface area contributed by atoms with Crippen molar-refractivity contribution in [2.75, 3.05) is 0 Å². The van der Waals surface area contributed by atoms with Gasteiger partial charge in [0.2, 0.25) is 5.91 Å². The normalized spacial score (nSPS) is 14.1. The number of fused-ring (bicyclic) bond motifs is 1. The molecule has 3 heterocycles. The van der Waals surface area contributed by atoms with Crippen LogP contribution in [0.1, 0.15) is 40.2 Å². The summed E-state index contributed by atoms with van der Waals surface area (Å²) in [7, 11) is 0. The number of para-hydroxylation sites is 1. The Hall–Kier alpha value is -5.00. The zero-order valence-corrected chi connectivity index (χ0v) is 21.7. The Morgan fingerprint density at radius 1 is 1.05 bits per heavy atom. The highest BCUT2D eigenvalue weighted by Gasteiger charge is 2.51. The van der Waals surface area contributed by atoms with Gasteiger partial charge >= 0.3 is 6.18 Å². The number of amides is 2. The number of carbonyl (C=O) groups is 2. The van der Waals surface area contributed by atoms with E-state index in [2.05, 4.69) is 25.8 Å². The molecule has 41 heavy (non-hydrogen) atoms. The Kier molecular flexibility index (Phi) is 6.32. The third-order valence-electron chi connectivity index (χ3n) is 6.97. The fourth-order valence-electron chi connectivity index (χ4n) is 4.65. The predicted octanol–water partition coefficient (Wildman–Crippen LogP) is 4.98. The summed E-state index contributed by atoms with van der Waals surface area (Å²) in [4.78, 5) is 33.5. The van der Waals surface area contributed by atoms with E-state index in [4.69, 9.17) is 4.52 Å². The van der Waals surface area contributed by atoms with Crippen molar-refractivity contribution in [2.45, 2.75) is 38.0 Å². The second-order valence-electron chi connectivity index (χ2n) is 9.92. The van der Waals surface area contributed by atoms with E-state index in [1.807, 2.05) is 59.2 Å². The lowest BCUT2D eigenvalue weighted by molar-refractivity contribution is -0.137. The zero-order chi connectivity index (χ0) is 28.8. The van der Waals surface area contributed by atoms with Crippen LogP contribution in [-0.4, -0.2) is 37.0 Å². The smallest absolute Gasteiger partial charge is 0.350 e. The van der Waals surface area contributed by atoms with E-state index in [-0.39, 0.29) is 12.1 Å². The minimum Gasteiger partial charge on any atom is -0.350 e. The molecule has 6 rings (SSSR count). The molecule has 2 N–H and O–H groups in total. The van der Waals surface area contributed by atoms with E-state index in [9.17, 15) is 22.8 Å². The van der Waals surface area contributed by atoms with Gasteiger partial charge in [-0.1, -0.05) is 35.5 Å². The van der Waals surface area contributed by atoms with Crippen molar-refractivity contribution in [3.05, 3.63) is 95.6 Å². The van der Waals surface area contributed by atoms with Crippen LogP contribution in [0.3, 0.4) is 0 Å². The van der Waals surface area contributed by atoms with Crippen LogP contribution >= 0.6 is 0 Å². The Morgan fingerprint density at radius 2 is 1.80 bits per heavy atom. The van der Waals surface area contributed by atoms with Crippen LogP contribution in [-0.2, 0) is 17.5 Å². The quantitative estimate of drug-likeness (QED) is 0.290. The van der Waals surface area contributed by atoms with Crippen molar-refractivity contribution in [3.8, 4) is 17.3 Å². The Bertz CT molecular complexity index is 1770. The maximum atomic E-state index is 13.0. The van der Waals surface area contributed by atoms with Crippen LogP contribution in [0, 0.1) is 6.92 Å². The molecule has 5 aromatic rings. The van der Waals surface area contributed by atoms with Crippen LogP contribution in [0.2, 0.25) is 0 Å². The van der Waals surface area contributed by atoms with Crippen LogP contribution in [0.15, 0.2) is 77.6 Å². The molecule has 1 saturated carbocycles. The molecule has 3 aromatic heterocycles. The van der Waals surface area contributed by atoms with Gasteiger partial charge in [-0.25, -0.2) is 0 Å². The summed E-state index contributed by atoms with van der Waals surface area (Å²) in [5, 5.41) is 10.3. The number of aromatic nitrogens is 4. The standard InChI is InChI=1S/C29H23F3N6O3/c1-17-35-26(41-37-17)24-13-19-4-2-3-5-23(19)38(24)22-8-6-18(7-9-22)14-34-27(40)28(10-11-28)36-25(39)20-12-21(16-33-15-20)29(30,31)32/h2-9,12-13,15-16H,10-11,14H2,1H3,(H,34,40)(H,36,39). The Balaban J connectivity index is 1.15. The minimum atomic E-state index is -4.63. The summed E-state index contributed by atoms with van der Waals surface area (Å²) in [6.45, 7) is 1.95. The van der Waals surface area contributed by atoms with Gasteiger partial charge in [-0.3, -0.25) is 14.6 Å². The van der Waals surface area contributed by atoms with Crippen molar-refractivity contribution in [2.24, 2.45) is 0 Å². The highest BCUT2D eigenvalue weighted by molar-refractivity contribution is 6.00. The van der Waals surface area contributed by atoms with E-state index >= 15 is 0 Å². The molecule has 1 fully saturated rings. The molecular formula is C29H23F3N6O3. The molecule has 0 atom stereocenters. The summed E-state index contributed by atoms with van der Waals surface area (Å²) >= 11 is 0. The molecule has 0 bridgehead atoms. The van der Waals surface area contributed by atoms with Crippen LogP contribution < -0.4 is 10.6 Å². The van der Waals surface area contributed by atoms with E-state index in [0.29, 0.717) is 30.8 Å². The average molecular weight is 561 g/mol. The summed E-state index contributed by atoms with van der Waals surface area (Å²) < 4.78 is 46.4. The molecule has 0 saturated heterocycles. The molecule has 208 valence electrons. The number of pyridine rings is 1. The van der Waals surface area contributed by atoms with E-state index in [1.165, 1.54) is 0 Å². The molecule has 0 unspecified atom stereocenters. The van der Waals surface area contributed by atoms with Gasteiger partial charge in [0.25, 0.3) is 11.8 Å². The summed E-state index contributed by atoms with van der Waals surface area (Å²) in [5.74, 6) is -0.265. The number of rotatable bonds is 7. The zero-order valence-electron chi connectivity index (χ0n) is 21.7. The highest BCUT2D eigenvalue weighted by Crippen LogP contribution is 2.36. The number of carbonyl (C=O) groups excluding carboxylic acids is 2. The molecule has 2 aromatic carbocycles. The van der Waals surface area contributed by atoms with E-state index < -0.39 is 29.1 Å². The lowest BCUT2D eigenvalue weighted by Crippen LogP contribution is -2.48. The first kappa shape index (κ1) is 26.2. The highest BCUT2D eigenvalue weighted by atomic mass is 19.4. The number of halogens is 3. The monoisotopic (exact) mass is 560 g/mol. The van der Waals surface area contributed by atoms with Gasteiger partial charge in [-0.2, -0.15) is 18.2 Å². The molecule has 1 aliphatic rings. The van der Waals surface area contributed by atoms with Gasteiger partial charge in [0.1, 0.15) is 11.2 Å². The van der Waals surface area contributed by atoms with Gasteiger partial charge in [0.15, 0.2) is 5.82 Å². The maximum absolute atomic E-state index is 13.0. The summed E-state index contributed by atoms with van der Waals surface area (Å²) in [5.41, 5.74) is 0.923. The molecule has 0 spiro atoms. The number of benzene rings is 2. The number of hydrogen-bond donors (Lipinski definition) is 2. The van der Waals surface area contributed by atoms with Crippen LogP contribution in [0.25, 0.3) is 28.2 Å². The predicted molar refractivity (Wildman–Crippen MR) is 142 cm³/mol. The number of hydrogen-bond acceptors (Lipinski definition) is 6. The van der Waals surface area contributed by atoms with Gasteiger partial charge in [-0.15, -0.1) is 0 Å². The fraction of sp³-hybridized carbons (Fsp3) is 0.207. The topological polar surface area (TPSA) is 115 Å². The molecule has 9 nitrogen and oxygen atoms in total. The first-order chi connectivity index (χ1) is 19.6. The molecule has 0 aliphatic heterocycles. The number of alkyl halides is 3. The third kappa shape index (κ3) is 5.15. The molecule has 2 amide bonds. The summed E-state index contributed by atoms with van der Waals surface area (Å²) in [6.07, 6.45) is -2.18. The van der Waals surface area contributed by atoms with Crippen LogP contribution in [0.4, 0.5) is 13.2 Å². The van der Waals surface area contributed by atoms with Gasteiger partial charge in [-0.05, 0) is 55.7 Å². The van der Waals surface area contributed by atoms with Crippen molar-refractivity contribution < 1.29 is 27.3 Å². The lowest BCUT2D eigenvalue weighted by Gasteiger charge is -2.18. The maximum Gasteiger partial charge on any atom is 0.417 e. The number of nitrogens with zero attached hydrogens (tertiary/aromatic N) is 4. The van der Waals surface area contributed by atoms with Crippen LogP contribution in [0.5, 0.6) is 0 Å². The minimum absolute atomic E-state index is 0.198. The van der Waals surface area contributed by atoms with Gasteiger partial charge in [0.05, 0.1) is 16.6 Å². The van der Waals surface area contributed by atoms with Gasteiger partial charge < -0.3 is 19.7 Å². The molecule has 12 heteroatoms. The molecular weight excluding hydrogens is 537 g/mol.